The van der Waals surface area contributed by atoms with Crippen LogP contribution in [0.4, 0.5) is 0 Å². The fraction of sp³-hybridized carbons (Fsp3) is 0.263. The van der Waals surface area contributed by atoms with E-state index in [0.717, 1.165) is 38.5 Å². The van der Waals surface area contributed by atoms with Gasteiger partial charge in [-0.3, -0.25) is 9.47 Å². The quantitative estimate of drug-likeness (QED) is 0.741. The summed E-state index contributed by atoms with van der Waals surface area (Å²) in [5.74, 6) is 0. The van der Waals surface area contributed by atoms with Crippen LogP contribution in [0.15, 0.2) is 61.2 Å². The van der Waals surface area contributed by atoms with Gasteiger partial charge in [-0.25, -0.2) is 0 Å². The van der Waals surface area contributed by atoms with Crippen molar-refractivity contribution in [1.29, 1.82) is 0 Å². The highest BCUT2D eigenvalue weighted by Gasteiger charge is 2.13. The summed E-state index contributed by atoms with van der Waals surface area (Å²) in [5, 5.41) is 7.78. The van der Waals surface area contributed by atoms with Crippen molar-refractivity contribution in [1.82, 2.24) is 19.7 Å². The summed E-state index contributed by atoms with van der Waals surface area (Å²) in [6.45, 7) is 4.59. The Morgan fingerprint density at radius 1 is 0.917 bits per heavy atom. The van der Waals surface area contributed by atoms with Gasteiger partial charge in [0.25, 0.3) is 0 Å². The minimum absolute atomic E-state index is 0.825. The first-order valence-electron chi connectivity index (χ1n) is 8.23. The largest absolute Gasteiger partial charge is 0.379 e. The minimum Gasteiger partial charge on any atom is -0.379 e. The Hall–Kier alpha value is -2.50. The lowest BCUT2D eigenvalue weighted by atomic mass is 9.98. The molecule has 0 N–H and O–H groups in total. The molecule has 2 heterocycles. The molecule has 1 aliphatic rings. The van der Waals surface area contributed by atoms with Gasteiger partial charge in [0.1, 0.15) is 12.7 Å². The van der Waals surface area contributed by atoms with Crippen LogP contribution in [0.2, 0.25) is 0 Å². The van der Waals surface area contributed by atoms with Crippen molar-refractivity contribution in [2.24, 2.45) is 0 Å². The Kier molecular flexibility index (Phi) is 4.36. The maximum absolute atomic E-state index is 5.45. The molecule has 24 heavy (non-hydrogen) atoms. The first-order chi connectivity index (χ1) is 11.9. The topological polar surface area (TPSA) is 43.2 Å². The Balaban J connectivity index is 1.65. The monoisotopic (exact) mass is 320 g/mol. The van der Waals surface area contributed by atoms with E-state index in [2.05, 4.69) is 63.6 Å². The second-order valence-electron chi connectivity index (χ2n) is 5.97. The van der Waals surface area contributed by atoms with Crippen molar-refractivity contribution < 1.29 is 4.74 Å². The van der Waals surface area contributed by atoms with Gasteiger partial charge in [0.15, 0.2) is 0 Å². The van der Waals surface area contributed by atoms with Gasteiger partial charge in [0.05, 0.1) is 13.2 Å². The van der Waals surface area contributed by atoms with E-state index < -0.39 is 0 Å². The van der Waals surface area contributed by atoms with E-state index in [1.54, 1.807) is 12.7 Å². The molecular weight excluding hydrogens is 300 g/mol. The third kappa shape index (κ3) is 3.22. The molecule has 1 saturated heterocycles. The lowest BCUT2D eigenvalue weighted by Crippen LogP contribution is -2.35. The van der Waals surface area contributed by atoms with E-state index in [4.69, 9.17) is 4.74 Å². The summed E-state index contributed by atoms with van der Waals surface area (Å²) in [5.41, 5.74) is 4.91. The molecule has 5 heteroatoms. The SMILES string of the molecule is c1cc(-c2ccccc2CN2CCOCC2)cc(-n2cnnc2)c1. The average Bonchev–Trinajstić information content (AvgIpc) is 3.18. The molecule has 1 fully saturated rings. The second-order valence-corrected chi connectivity index (χ2v) is 5.97. The molecule has 0 aliphatic carbocycles. The number of aromatic nitrogens is 3. The third-order valence-electron chi connectivity index (χ3n) is 4.39. The fourth-order valence-corrected chi connectivity index (χ4v) is 3.11. The van der Waals surface area contributed by atoms with Crippen molar-refractivity contribution >= 4 is 0 Å². The molecule has 1 aromatic heterocycles. The van der Waals surface area contributed by atoms with Gasteiger partial charge < -0.3 is 4.74 Å². The maximum Gasteiger partial charge on any atom is 0.123 e. The smallest absolute Gasteiger partial charge is 0.123 e. The zero-order valence-corrected chi connectivity index (χ0v) is 13.5. The van der Waals surface area contributed by atoms with Crippen LogP contribution in [0.5, 0.6) is 0 Å². The van der Waals surface area contributed by atoms with Crippen LogP contribution >= 0.6 is 0 Å². The summed E-state index contributed by atoms with van der Waals surface area (Å²) < 4.78 is 7.38. The summed E-state index contributed by atoms with van der Waals surface area (Å²) in [7, 11) is 0. The number of ether oxygens (including phenoxy) is 1. The molecule has 1 aliphatic heterocycles. The predicted molar refractivity (Wildman–Crippen MR) is 92.9 cm³/mol. The van der Waals surface area contributed by atoms with Gasteiger partial charge in [-0.05, 0) is 28.8 Å². The van der Waals surface area contributed by atoms with Gasteiger partial charge in [-0.15, -0.1) is 10.2 Å². The zero-order chi connectivity index (χ0) is 16.2. The van der Waals surface area contributed by atoms with Crippen molar-refractivity contribution in [2.45, 2.75) is 6.54 Å². The first kappa shape index (κ1) is 15.1. The van der Waals surface area contributed by atoms with Crippen LogP contribution < -0.4 is 0 Å². The number of rotatable bonds is 4. The van der Waals surface area contributed by atoms with Gasteiger partial charge in [-0.1, -0.05) is 36.4 Å². The fourth-order valence-electron chi connectivity index (χ4n) is 3.11. The first-order valence-corrected chi connectivity index (χ1v) is 8.23. The molecule has 0 saturated carbocycles. The number of morpholine rings is 1. The molecule has 4 rings (SSSR count). The van der Waals surface area contributed by atoms with E-state index in [1.807, 2.05) is 4.57 Å². The molecule has 0 amide bonds. The standard InChI is InChI=1S/C19H20N4O/c1-2-7-19(17(4-1)13-22-8-10-24-11-9-22)16-5-3-6-18(12-16)23-14-20-21-15-23/h1-7,12,14-15H,8-11,13H2. The Morgan fingerprint density at radius 2 is 1.71 bits per heavy atom. The molecule has 2 aromatic carbocycles. The number of nitrogens with zero attached hydrogens (tertiary/aromatic N) is 4. The number of hydrogen-bond donors (Lipinski definition) is 0. The molecular formula is C19H20N4O. The minimum atomic E-state index is 0.825. The van der Waals surface area contributed by atoms with Gasteiger partial charge in [-0.2, -0.15) is 0 Å². The Labute approximate surface area is 141 Å². The van der Waals surface area contributed by atoms with E-state index in [-0.39, 0.29) is 0 Å². The predicted octanol–water partition coefficient (Wildman–Crippen LogP) is 2.77. The highest BCUT2D eigenvalue weighted by Crippen LogP contribution is 2.26. The molecule has 3 aromatic rings. The summed E-state index contributed by atoms with van der Waals surface area (Å²) in [4.78, 5) is 2.45. The molecule has 5 nitrogen and oxygen atoms in total. The highest BCUT2D eigenvalue weighted by molar-refractivity contribution is 5.69. The third-order valence-corrected chi connectivity index (χ3v) is 4.39. The van der Waals surface area contributed by atoms with Crippen molar-refractivity contribution in [3.05, 3.63) is 66.7 Å². The Bertz CT molecular complexity index is 795. The van der Waals surface area contributed by atoms with Crippen LogP contribution in [0.3, 0.4) is 0 Å². The van der Waals surface area contributed by atoms with Crippen LogP contribution in [0, 0.1) is 0 Å². The van der Waals surface area contributed by atoms with Crippen molar-refractivity contribution in [3.63, 3.8) is 0 Å². The molecule has 0 atom stereocenters. The van der Waals surface area contributed by atoms with E-state index >= 15 is 0 Å². The molecule has 0 radical (unpaired) electrons. The van der Waals surface area contributed by atoms with Gasteiger partial charge in [0, 0.05) is 25.3 Å². The van der Waals surface area contributed by atoms with E-state index in [0.29, 0.717) is 0 Å². The van der Waals surface area contributed by atoms with Crippen LogP contribution in [0.25, 0.3) is 16.8 Å². The number of benzene rings is 2. The highest BCUT2D eigenvalue weighted by atomic mass is 16.5. The Morgan fingerprint density at radius 3 is 2.54 bits per heavy atom. The summed E-state index contributed by atoms with van der Waals surface area (Å²) >= 11 is 0. The second kappa shape index (κ2) is 6.95. The van der Waals surface area contributed by atoms with E-state index in [9.17, 15) is 0 Å². The van der Waals surface area contributed by atoms with Crippen LogP contribution in [-0.2, 0) is 11.3 Å². The molecule has 122 valence electrons. The lowest BCUT2D eigenvalue weighted by molar-refractivity contribution is 0.0342. The van der Waals surface area contributed by atoms with Crippen molar-refractivity contribution in [3.8, 4) is 16.8 Å². The lowest BCUT2D eigenvalue weighted by Gasteiger charge is -2.27. The van der Waals surface area contributed by atoms with Crippen molar-refractivity contribution in [2.75, 3.05) is 26.3 Å². The molecule has 0 spiro atoms. The summed E-state index contributed by atoms with van der Waals surface area (Å²) in [6, 6.07) is 17.1. The van der Waals surface area contributed by atoms with Gasteiger partial charge >= 0.3 is 0 Å². The van der Waals surface area contributed by atoms with Gasteiger partial charge in [0.2, 0.25) is 0 Å². The van der Waals surface area contributed by atoms with E-state index in [1.165, 1.54) is 16.7 Å². The van der Waals surface area contributed by atoms with Crippen LogP contribution in [0.1, 0.15) is 5.56 Å². The normalized spacial score (nSPS) is 15.5. The number of hydrogen-bond acceptors (Lipinski definition) is 4. The average molecular weight is 320 g/mol. The zero-order valence-electron chi connectivity index (χ0n) is 13.5. The summed E-state index contributed by atoms with van der Waals surface area (Å²) in [6.07, 6.45) is 3.44. The maximum atomic E-state index is 5.45. The van der Waals surface area contributed by atoms with Crippen LogP contribution in [-0.4, -0.2) is 46.0 Å². The molecule has 0 bridgehead atoms. The molecule has 0 unspecified atom stereocenters.